The van der Waals surface area contributed by atoms with E-state index in [4.69, 9.17) is 9.47 Å². The average Bonchev–Trinajstić information content (AvgIpc) is 3.24. The quantitative estimate of drug-likeness (QED) is 0.592. The van der Waals surface area contributed by atoms with Gasteiger partial charge in [0.05, 0.1) is 6.54 Å². The minimum Gasteiger partial charge on any atom is -0.474 e. The minimum atomic E-state index is -0.665. The maximum Gasteiger partial charge on any atom is 0.412 e. The Morgan fingerprint density at radius 1 is 1.24 bits per heavy atom. The smallest absolute Gasteiger partial charge is 0.412 e. The Morgan fingerprint density at radius 3 is 2.94 bits per heavy atom. The van der Waals surface area contributed by atoms with Gasteiger partial charge in [0.1, 0.15) is 30.5 Å². The number of likely N-dealkylation sites (tertiary alicyclic amines) is 1. The number of anilines is 2. The fourth-order valence-electron chi connectivity index (χ4n) is 4.26. The van der Waals surface area contributed by atoms with Crippen molar-refractivity contribution in [3.8, 4) is 17.0 Å². The van der Waals surface area contributed by atoms with Gasteiger partial charge in [0, 0.05) is 48.4 Å². The molecule has 0 bridgehead atoms. The van der Waals surface area contributed by atoms with Crippen molar-refractivity contribution < 1.29 is 23.5 Å². The number of nitrogens with one attached hydrogen (secondary N) is 2. The van der Waals surface area contributed by atoms with Gasteiger partial charge in [-0.3, -0.25) is 10.1 Å². The Morgan fingerprint density at radius 2 is 2.12 bits per heavy atom. The van der Waals surface area contributed by atoms with E-state index in [0.717, 1.165) is 17.7 Å². The summed E-state index contributed by atoms with van der Waals surface area (Å²) >= 11 is 0. The Balaban J connectivity index is 1.34. The number of aromatic nitrogens is 2. The Labute approximate surface area is 195 Å². The minimum absolute atomic E-state index is 0.0795. The summed E-state index contributed by atoms with van der Waals surface area (Å²) in [4.78, 5) is 34.0. The van der Waals surface area contributed by atoms with E-state index in [1.54, 1.807) is 23.2 Å². The molecule has 0 radical (unpaired) electrons. The van der Waals surface area contributed by atoms with E-state index >= 15 is 0 Å². The molecule has 1 fully saturated rings. The monoisotopic (exact) mass is 465 g/mol. The summed E-state index contributed by atoms with van der Waals surface area (Å²) in [7, 11) is 0. The number of ether oxygens (including phenoxy) is 2. The van der Waals surface area contributed by atoms with Crippen molar-refractivity contribution >= 4 is 34.3 Å². The average molecular weight is 465 g/mol. The van der Waals surface area contributed by atoms with Crippen LogP contribution in [0.2, 0.25) is 0 Å². The van der Waals surface area contributed by atoms with E-state index in [2.05, 4.69) is 20.6 Å². The number of amides is 2. The van der Waals surface area contributed by atoms with E-state index in [0.29, 0.717) is 60.4 Å². The zero-order valence-electron chi connectivity index (χ0n) is 18.7. The van der Waals surface area contributed by atoms with Crippen LogP contribution < -0.4 is 15.4 Å². The fourth-order valence-corrected chi connectivity index (χ4v) is 4.26. The van der Waals surface area contributed by atoms with Crippen LogP contribution in [0.1, 0.15) is 18.4 Å². The van der Waals surface area contributed by atoms with E-state index in [-0.39, 0.29) is 18.3 Å². The predicted octanol–water partition coefficient (Wildman–Crippen LogP) is 3.72. The lowest BCUT2D eigenvalue weighted by atomic mass is 9.98. The zero-order valence-corrected chi connectivity index (χ0v) is 18.7. The molecule has 2 amide bonds. The molecule has 3 aromatic rings. The first-order chi connectivity index (χ1) is 16.5. The van der Waals surface area contributed by atoms with Gasteiger partial charge in [-0.25, -0.2) is 19.2 Å². The third-order valence-corrected chi connectivity index (χ3v) is 6.04. The maximum absolute atomic E-state index is 15.0. The van der Waals surface area contributed by atoms with E-state index < -0.39 is 11.9 Å². The standard InChI is InChI=1S/C24H24FN5O4/c1-14-18(13-28-23-22(14)26-4-7-33-23)17-9-15-11-20(27-12-16(15)10-19(17)25)29-24(32)34-8-6-30-5-2-3-21(30)31/h9-13,26H,2-8H2,1H3,(H,27,29,32). The molecular weight excluding hydrogens is 441 g/mol. The van der Waals surface area contributed by atoms with Crippen LogP contribution in [0.15, 0.2) is 30.6 Å². The normalized spacial score (nSPS) is 15.0. The lowest BCUT2D eigenvalue weighted by molar-refractivity contribution is -0.128. The second-order valence-corrected chi connectivity index (χ2v) is 8.25. The molecule has 9 nitrogen and oxygen atoms in total. The highest BCUT2D eigenvalue weighted by Gasteiger charge is 2.21. The number of carbonyl (C=O) groups excluding carboxylic acids is 2. The maximum atomic E-state index is 15.0. The number of rotatable bonds is 5. The highest BCUT2D eigenvalue weighted by molar-refractivity contribution is 5.92. The summed E-state index contributed by atoms with van der Waals surface area (Å²) in [6, 6.07) is 4.78. The summed E-state index contributed by atoms with van der Waals surface area (Å²) in [5.41, 5.74) is 2.65. The van der Waals surface area contributed by atoms with Crippen molar-refractivity contribution in [2.24, 2.45) is 0 Å². The van der Waals surface area contributed by atoms with Gasteiger partial charge in [0.2, 0.25) is 11.8 Å². The van der Waals surface area contributed by atoms with Crippen LogP contribution in [0.4, 0.5) is 20.7 Å². The van der Waals surface area contributed by atoms with Gasteiger partial charge in [-0.15, -0.1) is 0 Å². The Kier molecular flexibility index (Phi) is 5.87. The number of hydrogen-bond acceptors (Lipinski definition) is 7. The van der Waals surface area contributed by atoms with Gasteiger partial charge in [0.25, 0.3) is 0 Å². The summed E-state index contributed by atoms with van der Waals surface area (Å²) in [6.07, 6.45) is 3.81. The summed E-state index contributed by atoms with van der Waals surface area (Å²) in [5.74, 6) is 0.475. The Bertz CT molecular complexity index is 1280. The van der Waals surface area contributed by atoms with Crippen molar-refractivity contribution in [2.45, 2.75) is 19.8 Å². The molecule has 5 rings (SSSR count). The van der Waals surface area contributed by atoms with Crippen molar-refractivity contribution in [3.05, 3.63) is 42.0 Å². The molecule has 0 unspecified atom stereocenters. The topological polar surface area (TPSA) is 106 Å². The van der Waals surface area contributed by atoms with Crippen molar-refractivity contribution in [1.29, 1.82) is 0 Å². The number of halogens is 1. The molecule has 4 heterocycles. The third-order valence-electron chi connectivity index (χ3n) is 6.04. The molecule has 1 aromatic carbocycles. The second-order valence-electron chi connectivity index (χ2n) is 8.25. The molecule has 2 aromatic heterocycles. The van der Waals surface area contributed by atoms with Gasteiger partial charge in [-0.2, -0.15) is 0 Å². The van der Waals surface area contributed by atoms with Gasteiger partial charge in [0.15, 0.2) is 0 Å². The molecule has 0 atom stereocenters. The number of pyridine rings is 2. The SMILES string of the molecule is Cc1c(-c2cc3cc(NC(=O)OCCN4CCCC4=O)ncc3cc2F)cnc2c1NCCO2. The predicted molar refractivity (Wildman–Crippen MR) is 124 cm³/mol. The van der Waals surface area contributed by atoms with Gasteiger partial charge in [-0.05, 0) is 42.5 Å². The second kappa shape index (κ2) is 9.12. The van der Waals surface area contributed by atoms with Crippen LogP contribution in [-0.4, -0.2) is 59.7 Å². The van der Waals surface area contributed by atoms with E-state index in [9.17, 15) is 14.0 Å². The van der Waals surface area contributed by atoms with Gasteiger partial charge >= 0.3 is 6.09 Å². The van der Waals surface area contributed by atoms with Gasteiger partial charge < -0.3 is 19.7 Å². The highest BCUT2D eigenvalue weighted by Crippen LogP contribution is 2.37. The van der Waals surface area contributed by atoms with Crippen molar-refractivity contribution in [1.82, 2.24) is 14.9 Å². The highest BCUT2D eigenvalue weighted by atomic mass is 19.1. The molecule has 0 saturated carbocycles. The van der Waals surface area contributed by atoms with Crippen LogP contribution in [0.5, 0.6) is 5.88 Å². The molecule has 176 valence electrons. The lowest BCUT2D eigenvalue weighted by Gasteiger charge is -2.21. The van der Waals surface area contributed by atoms with Crippen LogP contribution >= 0.6 is 0 Å². The summed E-state index contributed by atoms with van der Waals surface area (Å²) in [6.45, 7) is 4.25. The zero-order chi connectivity index (χ0) is 23.7. The largest absolute Gasteiger partial charge is 0.474 e. The first-order valence-corrected chi connectivity index (χ1v) is 11.2. The number of fused-ring (bicyclic) bond motifs is 2. The number of carbonyl (C=O) groups is 2. The first kappa shape index (κ1) is 21.9. The van der Waals surface area contributed by atoms with Crippen LogP contribution in [0.25, 0.3) is 21.9 Å². The molecule has 2 aliphatic rings. The number of hydrogen-bond donors (Lipinski definition) is 2. The van der Waals surface area contributed by atoms with Crippen molar-refractivity contribution in [2.75, 3.05) is 43.5 Å². The Hall–Kier alpha value is -3.95. The summed E-state index contributed by atoms with van der Waals surface area (Å²) < 4.78 is 25.7. The molecule has 2 N–H and O–H groups in total. The fraction of sp³-hybridized carbons (Fsp3) is 0.333. The molecule has 0 spiro atoms. The lowest BCUT2D eigenvalue weighted by Crippen LogP contribution is -2.30. The molecule has 1 saturated heterocycles. The molecule has 10 heteroatoms. The third kappa shape index (κ3) is 4.30. The number of benzene rings is 1. The van der Waals surface area contributed by atoms with E-state index in [1.807, 2.05) is 6.92 Å². The summed E-state index contributed by atoms with van der Waals surface area (Å²) in [5, 5.41) is 7.15. The number of nitrogens with zero attached hydrogens (tertiary/aromatic N) is 3. The first-order valence-electron chi connectivity index (χ1n) is 11.2. The van der Waals surface area contributed by atoms with Crippen LogP contribution in [0.3, 0.4) is 0 Å². The van der Waals surface area contributed by atoms with Crippen LogP contribution in [-0.2, 0) is 9.53 Å². The molecular formula is C24H24FN5O4. The van der Waals surface area contributed by atoms with Crippen LogP contribution in [0, 0.1) is 12.7 Å². The van der Waals surface area contributed by atoms with Gasteiger partial charge in [-0.1, -0.05) is 0 Å². The van der Waals surface area contributed by atoms with Crippen molar-refractivity contribution in [3.63, 3.8) is 0 Å². The molecule has 34 heavy (non-hydrogen) atoms. The van der Waals surface area contributed by atoms with E-state index in [1.165, 1.54) is 12.3 Å². The molecule has 0 aliphatic carbocycles. The molecule has 2 aliphatic heterocycles.